The molecule has 1 atom stereocenters. The molecule has 0 spiro atoms. The predicted octanol–water partition coefficient (Wildman–Crippen LogP) is 4.05. The van der Waals surface area contributed by atoms with E-state index in [0.29, 0.717) is 55.7 Å². The van der Waals surface area contributed by atoms with Crippen molar-refractivity contribution in [1.29, 1.82) is 0 Å². The van der Waals surface area contributed by atoms with E-state index in [2.05, 4.69) is 26.7 Å². The van der Waals surface area contributed by atoms with Crippen molar-refractivity contribution in [2.75, 3.05) is 38.3 Å². The first-order chi connectivity index (χ1) is 18.4. The highest BCUT2D eigenvalue weighted by Crippen LogP contribution is 2.46. The van der Waals surface area contributed by atoms with Crippen molar-refractivity contribution in [2.24, 2.45) is 5.92 Å². The minimum absolute atomic E-state index is 0.274. The summed E-state index contributed by atoms with van der Waals surface area (Å²) in [5, 5.41) is 0.805. The molecule has 6 rings (SSSR count). The number of imidazole rings is 1. The van der Waals surface area contributed by atoms with Crippen molar-refractivity contribution in [2.45, 2.75) is 67.5 Å². The van der Waals surface area contributed by atoms with Crippen LogP contribution in [0.4, 0.5) is 5.82 Å². The number of hydrogen-bond donors (Lipinski definition) is 1. The van der Waals surface area contributed by atoms with Gasteiger partial charge in [-0.25, -0.2) is 27.7 Å². The van der Waals surface area contributed by atoms with Crippen LogP contribution in [-0.4, -0.2) is 64.8 Å². The van der Waals surface area contributed by atoms with Gasteiger partial charge in [-0.15, -0.1) is 0 Å². The van der Waals surface area contributed by atoms with E-state index in [9.17, 15) is 8.42 Å². The van der Waals surface area contributed by atoms with Crippen molar-refractivity contribution in [3.8, 4) is 11.5 Å². The Labute approximate surface area is 227 Å². The van der Waals surface area contributed by atoms with Gasteiger partial charge in [-0.05, 0) is 61.6 Å². The molecule has 0 amide bonds. The minimum Gasteiger partial charge on any atom is -0.486 e. The average molecular weight is 559 g/mol. The van der Waals surface area contributed by atoms with Gasteiger partial charge in [-0.3, -0.25) is 0 Å². The van der Waals surface area contributed by atoms with E-state index >= 15 is 0 Å². The Morgan fingerprint density at radius 2 is 1.84 bits per heavy atom. The number of ether oxygens (including phenoxy) is 2. The summed E-state index contributed by atoms with van der Waals surface area (Å²) in [5.41, 5.74) is 8.79. The number of aryl methyl sites for hydroxylation is 1. The smallest absolute Gasteiger partial charge is 0.211 e. The highest BCUT2D eigenvalue weighted by molar-refractivity contribution is 7.99. The number of nitrogens with zero attached hydrogens (tertiary/aromatic N) is 5. The fourth-order valence-electron chi connectivity index (χ4n) is 5.92. The van der Waals surface area contributed by atoms with E-state index in [4.69, 9.17) is 20.2 Å². The zero-order chi connectivity index (χ0) is 26.3. The molecule has 38 heavy (non-hydrogen) atoms. The maximum Gasteiger partial charge on any atom is 0.211 e. The van der Waals surface area contributed by atoms with Crippen LogP contribution in [0.2, 0.25) is 0 Å². The molecule has 3 aromatic rings. The normalized spacial score (nSPS) is 20.8. The monoisotopic (exact) mass is 558 g/mol. The van der Waals surface area contributed by atoms with E-state index in [1.807, 2.05) is 0 Å². The summed E-state index contributed by atoms with van der Waals surface area (Å²) in [5.74, 6) is 2.70. The highest BCUT2D eigenvalue weighted by atomic mass is 32.2. The topological polar surface area (TPSA) is 125 Å². The number of aromatic nitrogens is 4. The van der Waals surface area contributed by atoms with Gasteiger partial charge < -0.3 is 19.8 Å². The SMILES string of the molecule is CS(=O)(=O)N1CCCC(CCn2c(Sc3cc4c(cc3C3CCCC3)OCCO4)nc3c(N)ncnc32)C1. The van der Waals surface area contributed by atoms with Gasteiger partial charge in [0.15, 0.2) is 33.6 Å². The Bertz CT molecular complexity index is 1440. The van der Waals surface area contributed by atoms with Crippen LogP contribution < -0.4 is 15.2 Å². The first-order valence-corrected chi connectivity index (χ1v) is 16.1. The number of piperidine rings is 1. The van der Waals surface area contributed by atoms with Crippen LogP contribution in [0.5, 0.6) is 11.5 Å². The number of nitrogens with two attached hydrogens (primary N) is 1. The third-order valence-electron chi connectivity index (χ3n) is 7.91. The molecule has 1 unspecified atom stereocenters. The molecule has 0 radical (unpaired) electrons. The van der Waals surface area contributed by atoms with Crippen molar-refractivity contribution >= 4 is 38.8 Å². The highest BCUT2D eigenvalue weighted by Gasteiger charge is 2.28. The van der Waals surface area contributed by atoms with Crippen molar-refractivity contribution in [3.63, 3.8) is 0 Å². The Balaban J connectivity index is 1.33. The lowest BCUT2D eigenvalue weighted by Gasteiger charge is -2.31. The summed E-state index contributed by atoms with van der Waals surface area (Å²) in [6.07, 6.45) is 10.3. The van der Waals surface area contributed by atoms with E-state index in [0.717, 1.165) is 40.8 Å². The third kappa shape index (κ3) is 5.17. The largest absolute Gasteiger partial charge is 0.486 e. The number of sulfonamides is 1. The van der Waals surface area contributed by atoms with E-state index in [-0.39, 0.29) is 5.92 Å². The number of anilines is 1. The molecular formula is C26H34N6O4S2. The van der Waals surface area contributed by atoms with Gasteiger partial charge in [0.2, 0.25) is 10.0 Å². The molecule has 10 nitrogen and oxygen atoms in total. The number of fused-ring (bicyclic) bond motifs is 2. The second-order valence-corrected chi connectivity index (χ2v) is 13.5. The van der Waals surface area contributed by atoms with Crippen LogP contribution >= 0.6 is 11.8 Å². The molecule has 2 fully saturated rings. The van der Waals surface area contributed by atoms with Gasteiger partial charge >= 0.3 is 0 Å². The molecule has 4 heterocycles. The fourth-order valence-corrected chi connectivity index (χ4v) is 7.99. The Morgan fingerprint density at radius 1 is 1.08 bits per heavy atom. The molecule has 204 valence electrons. The molecule has 2 aliphatic heterocycles. The standard InChI is InChI=1S/C26H34N6O4S2/c1-38(33,34)31-9-4-5-17(15-31)8-10-32-25-23(24(27)28-16-29-25)30-26(32)37-22-14-21-20(35-11-12-36-21)13-19(22)18-6-2-3-7-18/h13-14,16-18H,2-12,15H2,1H3,(H2,27,28,29). The van der Waals surface area contributed by atoms with E-state index < -0.39 is 10.0 Å². The van der Waals surface area contributed by atoms with Gasteiger partial charge in [0.25, 0.3) is 0 Å². The van der Waals surface area contributed by atoms with E-state index in [1.54, 1.807) is 16.1 Å². The molecule has 2 N–H and O–H groups in total. The van der Waals surface area contributed by atoms with Crippen LogP contribution in [0.1, 0.15) is 56.4 Å². The first-order valence-electron chi connectivity index (χ1n) is 13.4. The molecule has 1 saturated heterocycles. The Morgan fingerprint density at radius 3 is 2.61 bits per heavy atom. The minimum atomic E-state index is -3.19. The Hall–Kier alpha value is -2.57. The number of rotatable bonds is 7. The lowest BCUT2D eigenvalue weighted by atomic mass is 9.96. The first kappa shape index (κ1) is 25.7. The molecule has 1 saturated carbocycles. The molecular weight excluding hydrogens is 524 g/mol. The Kier molecular flexibility index (Phi) is 7.12. The average Bonchev–Trinajstić information content (AvgIpc) is 3.56. The van der Waals surface area contributed by atoms with Gasteiger partial charge in [0.1, 0.15) is 19.5 Å². The quantitative estimate of drug-likeness (QED) is 0.457. The van der Waals surface area contributed by atoms with Gasteiger partial charge in [0, 0.05) is 24.5 Å². The summed E-state index contributed by atoms with van der Waals surface area (Å²) < 4.78 is 39.8. The molecule has 12 heteroatoms. The van der Waals surface area contributed by atoms with Crippen LogP contribution in [0, 0.1) is 5.92 Å². The van der Waals surface area contributed by atoms with E-state index in [1.165, 1.54) is 43.8 Å². The van der Waals surface area contributed by atoms with Crippen LogP contribution in [0.25, 0.3) is 11.2 Å². The van der Waals surface area contributed by atoms with Crippen molar-refractivity contribution in [3.05, 3.63) is 24.0 Å². The zero-order valence-corrected chi connectivity index (χ0v) is 23.3. The van der Waals surface area contributed by atoms with Gasteiger partial charge in [0.05, 0.1) is 6.26 Å². The van der Waals surface area contributed by atoms with Crippen LogP contribution in [-0.2, 0) is 16.6 Å². The zero-order valence-electron chi connectivity index (χ0n) is 21.6. The van der Waals surface area contributed by atoms with Gasteiger partial charge in [-0.1, -0.05) is 24.6 Å². The van der Waals surface area contributed by atoms with Crippen LogP contribution in [0.3, 0.4) is 0 Å². The van der Waals surface area contributed by atoms with Crippen molar-refractivity contribution in [1.82, 2.24) is 23.8 Å². The lowest BCUT2D eigenvalue weighted by molar-refractivity contribution is 0.170. The molecule has 1 aliphatic carbocycles. The van der Waals surface area contributed by atoms with Crippen LogP contribution in [0.15, 0.2) is 28.5 Å². The summed E-state index contributed by atoms with van der Waals surface area (Å²) in [4.78, 5) is 14.7. The molecule has 0 bridgehead atoms. The molecule has 2 aromatic heterocycles. The summed E-state index contributed by atoms with van der Waals surface area (Å²) in [6, 6.07) is 4.26. The summed E-state index contributed by atoms with van der Waals surface area (Å²) >= 11 is 1.61. The number of hydrogen-bond acceptors (Lipinski definition) is 9. The van der Waals surface area contributed by atoms with Crippen molar-refractivity contribution < 1.29 is 17.9 Å². The summed E-state index contributed by atoms with van der Waals surface area (Å²) in [6.45, 7) is 2.92. The maximum absolute atomic E-state index is 12.1. The fraction of sp³-hybridized carbons (Fsp3) is 0.577. The third-order valence-corrected chi connectivity index (χ3v) is 10.2. The predicted molar refractivity (Wildman–Crippen MR) is 146 cm³/mol. The van der Waals surface area contributed by atoms with Gasteiger partial charge in [-0.2, -0.15) is 0 Å². The maximum atomic E-state index is 12.1. The molecule has 3 aliphatic rings. The second-order valence-electron chi connectivity index (χ2n) is 10.5. The second kappa shape index (κ2) is 10.5. The lowest BCUT2D eigenvalue weighted by Crippen LogP contribution is -2.39. The number of benzene rings is 1. The summed E-state index contributed by atoms with van der Waals surface area (Å²) in [7, 11) is -3.19. The molecule has 1 aromatic carbocycles. The number of nitrogen functional groups attached to an aromatic ring is 1.